The van der Waals surface area contributed by atoms with Gasteiger partial charge >= 0.3 is 0 Å². The molecule has 0 bridgehead atoms. The second kappa shape index (κ2) is 4.55. The van der Waals surface area contributed by atoms with Gasteiger partial charge in [0.1, 0.15) is 11.6 Å². The van der Waals surface area contributed by atoms with Crippen molar-refractivity contribution < 1.29 is 4.74 Å². The van der Waals surface area contributed by atoms with Gasteiger partial charge in [-0.05, 0) is 24.1 Å². The molecule has 0 spiro atoms. The van der Waals surface area contributed by atoms with Crippen molar-refractivity contribution in [1.29, 1.82) is 0 Å². The summed E-state index contributed by atoms with van der Waals surface area (Å²) >= 11 is 1.50. The first kappa shape index (κ1) is 12.0. The summed E-state index contributed by atoms with van der Waals surface area (Å²) in [5, 5.41) is 5.38. The number of nitrogens with zero attached hydrogens (tertiary/aromatic N) is 3. The number of aromatic nitrogens is 3. The molecule has 2 N–H and O–H groups in total. The summed E-state index contributed by atoms with van der Waals surface area (Å²) in [6.07, 6.45) is 2.69. The van der Waals surface area contributed by atoms with Crippen LogP contribution in [0, 0.1) is 0 Å². The minimum Gasteiger partial charge on any atom is -0.496 e. The number of hydrogen-bond acceptors (Lipinski definition) is 5. The number of nitrogens with two attached hydrogens (primary N) is 1. The predicted octanol–water partition coefficient (Wildman–Crippen LogP) is 2.61. The maximum Gasteiger partial charge on any atom is 0.214 e. The number of benzene rings is 1. The molecule has 0 aliphatic carbocycles. The number of hydrogen-bond donors (Lipinski definition) is 1. The molecular weight excluding hydrogens is 260 g/mol. The Morgan fingerprint density at radius 1 is 1.42 bits per heavy atom. The van der Waals surface area contributed by atoms with Crippen LogP contribution in [0.2, 0.25) is 0 Å². The normalized spacial score (nSPS) is 11.1. The monoisotopic (exact) mass is 274 g/mol. The van der Waals surface area contributed by atoms with E-state index in [4.69, 9.17) is 10.5 Å². The summed E-state index contributed by atoms with van der Waals surface area (Å²) in [5.74, 6) is 1.31. The Bertz CT molecular complexity index is 700. The van der Waals surface area contributed by atoms with Crippen molar-refractivity contribution in [1.82, 2.24) is 14.6 Å². The summed E-state index contributed by atoms with van der Waals surface area (Å²) in [6, 6.07) is 6.16. The van der Waals surface area contributed by atoms with Crippen LogP contribution in [-0.2, 0) is 6.42 Å². The lowest BCUT2D eigenvalue weighted by atomic mass is 10.1. The number of aryl methyl sites for hydroxylation is 1. The molecule has 0 unspecified atom stereocenters. The standard InChI is InChI=1S/C13H14N4OS/c1-3-8-4-5-10(18-2)9(6-8)12-16-17-7-11(14)15-13(17)19-12/h4-7H,3,14H2,1-2H3. The van der Waals surface area contributed by atoms with Crippen molar-refractivity contribution in [2.75, 3.05) is 12.8 Å². The Morgan fingerprint density at radius 3 is 2.95 bits per heavy atom. The van der Waals surface area contributed by atoms with E-state index in [1.807, 2.05) is 6.07 Å². The predicted molar refractivity (Wildman–Crippen MR) is 76.6 cm³/mol. The lowest BCUT2D eigenvalue weighted by molar-refractivity contribution is 0.416. The molecule has 3 aromatic rings. The minimum atomic E-state index is 0.486. The van der Waals surface area contributed by atoms with Crippen molar-refractivity contribution in [2.45, 2.75) is 13.3 Å². The fourth-order valence-corrected chi connectivity index (χ4v) is 2.88. The van der Waals surface area contributed by atoms with Gasteiger partial charge in [0.25, 0.3) is 0 Å². The van der Waals surface area contributed by atoms with E-state index in [-0.39, 0.29) is 0 Å². The first-order valence-corrected chi connectivity index (χ1v) is 6.82. The van der Waals surface area contributed by atoms with E-state index < -0.39 is 0 Å². The van der Waals surface area contributed by atoms with Crippen LogP contribution in [0.15, 0.2) is 24.4 Å². The zero-order valence-corrected chi connectivity index (χ0v) is 11.6. The highest BCUT2D eigenvalue weighted by molar-refractivity contribution is 7.19. The van der Waals surface area contributed by atoms with Crippen LogP contribution in [0.3, 0.4) is 0 Å². The highest BCUT2D eigenvalue weighted by atomic mass is 32.1. The van der Waals surface area contributed by atoms with E-state index in [1.165, 1.54) is 16.9 Å². The largest absolute Gasteiger partial charge is 0.496 e. The zero-order valence-electron chi connectivity index (χ0n) is 10.8. The third-order valence-electron chi connectivity index (χ3n) is 2.96. The molecule has 98 valence electrons. The number of anilines is 1. The SMILES string of the molecule is CCc1ccc(OC)c(-c2nn3cc(N)nc3s2)c1. The van der Waals surface area contributed by atoms with Crippen LogP contribution in [0.4, 0.5) is 5.82 Å². The maximum absolute atomic E-state index is 5.64. The zero-order chi connectivity index (χ0) is 13.4. The van der Waals surface area contributed by atoms with Gasteiger partial charge in [0.2, 0.25) is 4.96 Å². The van der Waals surface area contributed by atoms with Crippen molar-refractivity contribution in [2.24, 2.45) is 0 Å². The molecule has 6 heteroatoms. The van der Waals surface area contributed by atoms with Crippen LogP contribution >= 0.6 is 11.3 Å². The fraction of sp³-hybridized carbons (Fsp3) is 0.231. The number of nitrogen functional groups attached to an aromatic ring is 1. The molecular formula is C13H14N4OS. The topological polar surface area (TPSA) is 65.4 Å². The third kappa shape index (κ3) is 2.04. The number of rotatable bonds is 3. The highest BCUT2D eigenvalue weighted by Gasteiger charge is 2.13. The third-order valence-corrected chi connectivity index (χ3v) is 3.92. The Balaban J connectivity index is 2.15. The highest BCUT2D eigenvalue weighted by Crippen LogP contribution is 2.34. The molecule has 0 atom stereocenters. The van der Waals surface area contributed by atoms with Gasteiger partial charge in [-0.1, -0.05) is 24.3 Å². The molecule has 2 heterocycles. The lowest BCUT2D eigenvalue weighted by Gasteiger charge is -2.07. The molecule has 0 aliphatic heterocycles. The molecule has 3 rings (SSSR count). The van der Waals surface area contributed by atoms with Crippen LogP contribution in [0.25, 0.3) is 15.5 Å². The molecule has 0 saturated carbocycles. The number of ether oxygens (including phenoxy) is 1. The second-order valence-electron chi connectivity index (χ2n) is 4.19. The molecule has 0 aliphatic rings. The maximum atomic E-state index is 5.64. The summed E-state index contributed by atoms with van der Waals surface area (Å²) in [5.41, 5.74) is 7.88. The van der Waals surface area contributed by atoms with Crippen LogP contribution in [0.1, 0.15) is 12.5 Å². The molecule has 0 amide bonds. The Kier molecular flexibility index (Phi) is 2.87. The van der Waals surface area contributed by atoms with Crippen LogP contribution in [0.5, 0.6) is 5.75 Å². The quantitative estimate of drug-likeness (QED) is 0.797. The van der Waals surface area contributed by atoms with E-state index in [0.29, 0.717) is 5.82 Å². The molecule has 19 heavy (non-hydrogen) atoms. The Morgan fingerprint density at radius 2 is 2.26 bits per heavy atom. The van der Waals surface area contributed by atoms with Crippen LogP contribution < -0.4 is 10.5 Å². The van der Waals surface area contributed by atoms with Crippen molar-refractivity contribution in [3.05, 3.63) is 30.0 Å². The van der Waals surface area contributed by atoms with Crippen LogP contribution in [-0.4, -0.2) is 21.7 Å². The van der Waals surface area contributed by atoms with Crippen molar-refractivity contribution in [3.8, 4) is 16.3 Å². The molecule has 5 nitrogen and oxygen atoms in total. The van der Waals surface area contributed by atoms with Crippen molar-refractivity contribution >= 4 is 22.1 Å². The number of imidazole rings is 1. The molecule has 0 radical (unpaired) electrons. The van der Waals surface area contributed by atoms with E-state index in [9.17, 15) is 0 Å². The van der Waals surface area contributed by atoms with Gasteiger partial charge in [0.05, 0.1) is 18.9 Å². The van der Waals surface area contributed by atoms with Crippen molar-refractivity contribution in [3.63, 3.8) is 0 Å². The van der Waals surface area contributed by atoms with Gasteiger partial charge in [0, 0.05) is 0 Å². The average Bonchev–Trinajstić information content (AvgIpc) is 2.95. The van der Waals surface area contributed by atoms with E-state index in [0.717, 1.165) is 27.7 Å². The number of methoxy groups -OCH3 is 1. The van der Waals surface area contributed by atoms with Gasteiger partial charge in [-0.15, -0.1) is 0 Å². The van der Waals surface area contributed by atoms with Gasteiger partial charge in [0.15, 0.2) is 5.01 Å². The molecule has 2 aromatic heterocycles. The summed E-state index contributed by atoms with van der Waals surface area (Å²) in [7, 11) is 1.67. The van der Waals surface area contributed by atoms with E-state index in [1.54, 1.807) is 17.8 Å². The smallest absolute Gasteiger partial charge is 0.214 e. The summed E-state index contributed by atoms with van der Waals surface area (Å²) < 4.78 is 7.11. The van der Waals surface area contributed by atoms with E-state index in [2.05, 4.69) is 29.1 Å². The molecule has 1 aromatic carbocycles. The van der Waals surface area contributed by atoms with Gasteiger partial charge in [-0.3, -0.25) is 0 Å². The number of fused-ring (bicyclic) bond motifs is 1. The minimum absolute atomic E-state index is 0.486. The van der Waals surface area contributed by atoms with Gasteiger partial charge < -0.3 is 10.5 Å². The fourth-order valence-electron chi connectivity index (χ4n) is 1.97. The van der Waals surface area contributed by atoms with Gasteiger partial charge in [-0.25, -0.2) is 9.50 Å². The molecule has 0 saturated heterocycles. The first-order chi connectivity index (χ1) is 9.21. The summed E-state index contributed by atoms with van der Waals surface area (Å²) in [6.45, 7) is 2.13. The molecule has 0 fully saturated rings. The van der Waals surface area contributed by atoms with Gasteiger partial charge in [-0.2, -0.15) is 5.10 Å². The first-order valence-electron chi connectivity index (χ1n) is 6.00. The average molecular weight is 274 g/mol. The Labute approximate surface area is 114 Å². The second-order valence-corrected chi connectivity index (χ2v) is 5.14. The van der Waals surface area contributed by atoms with E-state index >= 15 is 0 Å². The lowest BCUT2D eigenvalue weighted by Crippen LogP contribution is -1.91. The Hall–Kier alpha value is -2.08. The summed E-state index contributed by atoms with van der Waals surface area (Å²) in [4.78, 5) is 5.00.